The summed E-state index contributed by atoms with van der Waals surface area (Å²) in [6, 6.07) is 6.09. The minimum Gasteiger partial charge on any atom is -0.476 e. The molecule has 1 aromatic heterocycles. The van der Waals surface area contributed by atoms with Crippen molar-refractivity contribution in [3.05, 3.63) is 47.5 Å². The first kappa shape index (κ1) is 15.6. The topological polar surface area (TPSA) is 97.1 Å². The van der Waals surface area contributed by atoms with E-state index in [2.05, 4.69) is 15.6 Å². The molecule has 0 spiro atoms. The van der Waals surface area contributed by atoms with Gasteiger partial charge >= 0.3 is 5.97 Å². The summed E-state index contributed by atoms with van der Waals surface area (Å²) >= 11 is 0. The Hall–Kier alpha value is -2.77. The number of benzene rings is 1. The number of carbonyl (C=O) groups excluding carboxylic acids is 1. The van der Waals surface area contributed by atoms with Crippen LogP contribution in [-0.2, 0) is 17.8 Å². The number of nitrogens with zero attached hydrogens (tertiary/aromatic N) is 3. The van der Waals surface area contributed by atoms with E-state index in [1.54, 1.807) is 25.1 Å². The van der Waals surface area contributed by atoms with Crippen LogP contribution in [0.2, 0.25) is 0 Å². The zero-order chi connectivity index (χ0) is 16.1. The van der Waals surface area contributed by atoms with Gasteiger partial charge in [-0.2, -0.15) is 0 Å². The molecule has 2 rings (SSSR count). The SMILES string of the molecule is CC(Cc1ccccc1F)NC(=O)Cn1cc(C(=O)O)nn1. The van der Waals surface area contributed by atoms with Crippen molar-refractivity contribution in [2.45, 2.75) is 25.9 Å². The number of carboxylic acids is 1. The normalized spacial score (nSPS) is 11.9. The Morgan fingerprint density at radius 2 is 2.14 bits per heavy atom. The fourth-order valence-corrected chi connectivity index (χ4v) is 1.99. The molecule has 2 N–H and O–H groups in total. The van der Waals surface area contributed by atoms with Crippen molar-refractivity contribution < 1.29 is 19.1 Å². The van der Waals surface area contributed by atoms with E-state index in [-0.39, 0.29) is 30.0 Å². The van der Waals surface area contributed by atoms with Crippen molar-refractivity contribution in [1.82, 2.24) is 20.3 Å². The highest BCUT2D eigenvalue weighted by Crippen LogP contribution is 2.09. The lowest BCUT2D eigenvalue weighted by Crippen LogP contribution is -2.36. The molecule has 1 unspecified atom stereocenters. The number of aromatic nitrogens is 3. The lowest BCUT2D eigenvalue weighted by Gasteiger charge is -2.14. The van der Waals surface area contributed by atoms with Gasteiger partial charge in [0.2, 0.25) is 5.91 Å². The molecule has 1 aromatic carbocycles. The van der Waals surface area contributed by atoms with Crippen molar-refractivity contribution in [2.75, 3.05) is 0 Å². The molecule has 7 nitrogen and oxygen atoms in total. The summed E-state index contributed by atoms with van der Waals surface area (Å²) < 4.78 is 14.7. The third-order valence-corrected chi connectivity index (χ3v) is 2.95. The van der Waals surface area contributed by atoms with Crippen molar-refractivity contribution in [3.63, 3.8) is 0 Å². The van der Waals surface area contributed by atoms with E-state index in [0.717, 1.165) is 4.68 Å². The monoisotopic (exact) mass is 306 g/mol. The summed E-state index contributed by atoms with van der Waals surface area (Å²) in [5, 5.41) is 18.4. The standard InChI is InChI=1S/C14H15FN4O3/c1-9(6-10-4-2-3-5-11(10)15)16-13(20)8-19-7-12(14(21)22)17-18-19/h2-5,7,9H,6,8H2,1H3,(H,16,20)(H,21,22). The highest BCUT2D eigenvalue weighted by atomic mass is 19.1. The number of carbonyl (C=O) groups is 2. The Bertz CT molecular complexity index is 686. The fraction of sp³-hybridized carbons (Fsp3) is 0.286. The highest BCUT2D eigenvalue weighted by molar-refractivity contribution is 5.84. The third-order valence-electron chi connectivity index (χ3n) is 2.95. The molecule has 22 heavy (non-hydrogen) atoms. The maximum absolute atomic E-state index is 13.5. The van der Waals surface area contributed by atoms with E-state index in [4.69, 9.17) is 5.11 Å². The van der Waals surface area contributed by atoms with Crippen LogP contribution < -0.4 is 5.32 Å². The van der Waals surface area contributed by atoms with Crippen LogP contribution in [0.3, 0.4) is 0 Å². The predicted molar refractivity (Wildman–Crippen MR) is 74.7 cm³/mol. The first-order valence-corrected chi connectivity index (χ1v) is 6.62. The smallest absolute Gasteiger partial charge is 0.358 e. The van der Waals surface area contributed by atoms with Crippen molar-refractivity contribution in [3.8, 4) is 0 Å². The van der Waals surface area contributed by atoms with E-state index < -0.39 is 5.97 Å². The van der Waals surface area contributed by atoms with Gasteiger partial charge in [-0.15, -0.1) is 5.10 Å². The summed E-state index contributed by atoms with van der Waals surface area (Å²) in [6.07, 6.45) is 1.53. The predicted octanol–water partition coefficient (Wildman–Crippen LogP) is 0.863. The van der Waals surface area contributed by atoms with Crippen LogP contribution >= 0.6 is 0 Å². The van der Waals surface area contributed by atoms with E-state index >= 15 is 0 Å². The number of halogens is 1. The zero-order valence-corrected chi connectivity index (χ0v) is 11.9. The Morgan fingerprint density at radius 1 is 1.41 bits per heavy atom. The second kappa shape index (κ2) is 6.79. The average Bonchev–Trinajstić information content (AvgIpc) is 2.89. The molecule has 0 radical (unpaired) electrons. The molecule has 0 aliphatic heterocycles. The summed E-state index contributed by atoms with van der Waals surface area (Å²) in [7, 11) is 0. The number of aromatic carboxylic acids is 1. The number of rotatable bonds is 6. The molecule has 0 saturated heterocycles. The Labute approximate surface area is 125 Å². The second-order valence-electron chi connectivity index (χ2n) is 4.87. The van der Waals surface area contributed by atoms with Crippen molar-refractivity contribution >= 4 is 11.9 Å². The van der Waals surface area contributed by atoms with E-state index in [9.17, 15) is 14.0 Å². The van der Waals surface area contributed by atoms with E-state index in [1.165, 1.54) is 12.3 Å². The molecule has 8 heteroatoms. The quantitative estimate of drug-likeness (QED) is 0.825. The summed E-state index contributed by atoms with van der Waals surface area (Å²) in [5.74, 6) is -1.88. The van der Waals surface area contributed by atoms with Gasteiger partial charge in [0.25, 0.3) is 0 Å². The van der Waals surface area contributed by atoms with Gasteiger partial charge in [-0.1, -0.05) is 23.4 Å². The van der Waals surface area contributed by atoms with Crippen LogP contribution in [0.1, 0.15) is 23.0 Å². The molecule has 116 valence electrons. The molecule has 1 heterocycles. The number of amides is 1. The van der Waals surface area contributed by atoms with Gasteiger partial charge in [0.15, 0.2) is 5.69 Å². The van der Waals surface area contributed by atoms with Crippen molar-refractivity contribution in [2.24, 2.45) is 0 Å². The van der Waals surface area contributed by atoms with Crippen LogP contribution in [0.15, 0.2) is 30.5 Å². The maximum atomic E-state index is 13.5. The first-order chi connectivity index (χ1) is 10.5. The van der Waals surface area contributed by atoms with Gasteiger partial charge in [-0.25, -0.2) is 13.9 Å². The molecule has 0 aliphatic carbocycles. The molecular formula is C14H15FN4O3. The Kier molecular flexibility index (Phi) is 4.82. The molecular weight excluding hydrogens is 291 g/mol. The lowest BCUT2D eigenvalue weighted by atomic mass is 10.1. The lowest BCUT2D eigenvalue weighted by molar-refractivity contribution is -0.122. The van der Waals surface area contributed by atoms with E-state index in [1.807, 2.05) is 0 Å². The molecule has 1 atom stereocenters. The largest absolute Gasteiger partial charge is 0.476 e. The van der Waals surface area contributed by atoms with Gasteiger partial charge < -0.3 is 10.4 Å². The molecule has 0 fully saturated rings. The summed E-state index contributed by atoms with van der Waals surface area (Å²) in [5.41, 5.74) is 0.288. The molecule has 0 bridgehead atoms. The Morgan fingerprint density at radius 3 is 2.77 bits per heavy atom. The average molecular weight is 306 g/mol. The van der Waals surface area contributed by atoms with Gasteiger partial charge in [0, 0.05) is 6.04 Å². The molecule has 0 aliphatic rings. The maximum Gasteiger partial charge on any atom is 0.358 e. The van der Waals surface area contributed by atoms with Crippen LogP contribution in [0.4, 0.5) is 4.39 Å². The molecule has 1 amide bonds. The van der Waals surface area contributed by atoms with Gasteiger partial charge in [0.05, 0.1) is 6.20 Å². The van der Waals surface area contributed by atoms with Gasteiger partial charge in [-0.3, -0.25) is 4.79 Å². The van der Waals surface area contributed by atoms with Crippen LogP contribution in [0, 0.1) is 5.82 Å². The van der Waals surface area contributed by atoms with Gasteiger partial charge in [-0.05, 0) is 25.0 Å². The first-order valence-electron chi connectivity index (χ1n) is 6.62. The minimum atomic E-state index is -1.21. The van der Waals surface area contributed by atoms with Gasteiger partial charge in [0.1, 0.15) is 12.4 Å². The number of carboxylic acid groups (broad SMARTS) is 1. The van der Waals surface area contributed by atoms with Crippen LogP contribution in [0.5, 0.6) is 0 Å². The number of hydrogen-bond donors (Lipinski definition) is 2. The van der Waals surface area contributed by atoms with E-state index in [0.29, 0.717) is 12.0 Å². The minimum absolute atomic E-state index is 0.151. The Balaban J connectivity index is 1.88. The summed E-state index contributed by atoms with van der Waals surface area (Å²) in [6.45, 7) is 1.61. The zero-order valence-electron chi connectivity index (χ0n) is 11.9. The van der Waals surface area contributed by atoms with Crippen LogP contribution in [-0.4, -0.2) is 38.0 Å². The molecule has 0 saturated carbocycles. The summed E-state index contributed by atoms with van der Waals surface area (Å²) in [4.78, 5) is 22.5. The molecule has 2 aromatic rings. The number of hydrogen-bond acceptors (Lipinski definition) is 4. The van der Waals surface area contributed by atoms with Crippen LogP contribution in [0.25, 0.3) is 0 Å². The third kappa shape index (κ3) is 4.11. The highest BCUT2D eigenvalue weighted by Gasteiger charge is 2.13. The second-order valence-corrected chi connectivity index (χ2v) is 4.87. The fourth-order valence-electron chi connectivity index (χ4n) is 1.99. The van der Waals surface area contributed by atoms with Crippen molar-refractivity contribution in [1.29, 1.82) is 0 Å². The number of nitrogens with one attached hydrogen (secondary N) is 1.